The third-order valence-corrected chi connectivity index (χ3v) is 4.62. The lowest BCUT2D eigenvalue weighted by Crippen LogP contribution is -2.35. The van der Waals surface area contributed by atoms with Crippen LogP contribution in [0, 0.1) is 19.7 Å². The molecule has 0 spiro atoms. The van der Waals surface area contributed by atoms with E-state index in [1.165, 1.54) is 17.7 Å². The maximum atomic E-state index is 13.7. The minimum absolute atomic E-state index is 0.160. The van der Waals surface area contributed by atoms with Gasteiger partial charge in [0.15, 0.2) is 0 Å². The normalized spacial score (nSPS) is 13.3. The first kappa shape index (κ1) is 20.0. The van der Waals surface area contributed by atoms with Crippen molar-refractivity contribution in [1.82, 2.24) is 14.9 Å². The molecule has 6 heteroatoms. The molecule has 0 aliphatic carbocycles. The Morgan fingerprint density at radius 2 is 2.04 bits per heavy atom. The van der Waals surface area contributed by atoms with Gasteiger partial charge in [0, 0.05) is 26.0 Å². The van der Waals surface area contributed by atoms with E-state index in [1.807, 2.05) is 55.9 Å². The molecule has 3 rings (SSSR count). The van der Waals surface area contributed by atoms with Crippen molar-refractivity contribution in [2.24, 2.45) is 7.05 Å². The molecule has 1 aromatic heterocycles. The summed E-state index contributed by atoms with van der Waals surface area (Å²) in [5.41, 5.74) is 2.95. The van der Waals surface area contributed by atoms with Crippen LogP contribution in [-0.2, 0) is 7.05 Å². The molecule has 0 aliphatic rings. The Bertz CT molecular complexity index is 926. The zero-order valence-electron chi connectivity index (χ0n) is 16.4. The molecule has 2 N–H and O–H groups in total. The van der Waals surface area contributed by atoms with Gasteiger partial charge in [-0.15, -0.1) is 0 Å². The number of nitrogens with zero attached hydrogens (tertiary/aromatic N) is 2. The van der Waals surface area contributed by atoms with Gasteiger partial charge in [0.2, 0.25) is 0 Å². The molecule has 2 aromatic carbocycles. The van der Waals surface area contributed by atoms with Crippen LogP contribution in [0.15, 0.2) is 54.9 Å². The van der Waals surface area contributed by atoms with Crippen LogP contribution in [0.25, 0.3) is 0 Å². The summed E-state index contributed by atoms with van der Waals surface area (Å²) in [5, 5.41) is 13.7. The van der Waals surface area contributed by atoms with Crippen LogP contribution < -0.4 is 10.1 Å². The number of hydrogen-bond donors (Lipinski definition) is 2. The van der Waals surface area contributed by atoms with Crippen LogP contribution in [0.1, 0.15) is 28.6 Å². The number of halogens is 1. The van der Waals surface area contributed by atoms with E-state index in [0.717, 1.165) is 22.7 Å². The van der Waals surface area contributed by atoms with Gasteiger partial charge < -0.3 is 19.7 Å². The Morgan fingerprint density at radius 3 is 2.71 bits per heavy atom. The first-order valence-electron chi connectivity index (χ1n) is 9.28. The number of aryl methyl sites for hydroxylation is 3. The van der Waals surface area contributed by atoms with Crippen LogP contribution in [0.5, 0.6) is 5.75 Å². The molecule has 0 aliphatic heterocycles. The van der Waals surface area contributed by atoms with Gasteiger partial charge >= 0.3 is 0 Å². The van der Waals surface area contributed by atoms with Gasteiger partial charge in [-0.3, -0.25) is 0 Å². The number of aromatic nitrogens is 2. The number of ether oxygens (including phenoxy) is 1. The summed E-state index contributed by atoms with van der Waals surface area (Å²) in [5.74, 6) is 1.20. The Labute approximate surface area is 164 Å². The number of imidazole rings is 1. The Morgan fingerprint density at radius 1 is 1.21 bits per heavy atom. The molecule has 0 saturated carbocycles. The van der Waals surface area contributed by atoms with Crippen molar-refractivity contribution in [3.8, 4) is 5.75 Å². The predicted molar refractivity (Wildman–Crippen MR) is 107 cm³/mol. The van der Waals surface area contributed by atoms with Crippen LogP contribution in [0.2, 0.25) is 0 Å². The van der Waals surface area contributed by atoms with Crippen molar-refractivity contribution in [3.63, 3.8) is 0 Å². The molecule has 2 unspecified atom stereocenters. The zero-order valence-corrected chi connectivity index (χ0v) is 16.4. The lowest BCUT2D eigenvalue weighted by Gasteiger charge is -2.21. The second kappa shape index (κ2) is 8.99. The summed E-state index contributed by atoms with van der Waals surface area (Å²) >= 11 is 0. The third-order valence-electron chi connectivity index (χ3n) is 4.62. The van der Waals surface area contributed by atoms with E-state index in [-0.39, 0.29) is 25.0 Å². The molecular weight excluding hydrogens is 357 g/mol. The van der Waals surface area contributed by atoms with Gasteiger partial charge in [-0.2, -0.15) is 0 Å². The lowest BCUT2D eigenvalue weighted by atomic mass is 10.1. The van der Waals surface area contributed by atoms with Gasteiger partial charge in [0.1, 0.15) is 30.1 Å². The molecule has 5 nitrogen and oxygen atoms in total. The molecule has 0 radical (unpaired) electrons. The molecule has 0 fully saturated rings. The molecule has 1 heterocycles. The Kier molecular flexibility index (Phi) is 6.44. The molecular formula is C22H26FN3O2. The number of rotatable bonds is 8. The van der Waals surface area contributed by atoms with Gasteiger partial charge in [0.25, 0.3) is 0 Å². The minimum Gasteiger partial charge on any atom is -0.491 e. The highest BCUT2D eigenvalue weighted by molar-refractivity contribution is 5.35. The quantitative estimate of drug-likeness (QED) is 0.627. The first-order chi connectivity index (χ1) is 13.4. The monoisotopic (exact) mass is 383 g/mol. The highest BCUT2D eigenvalue weighted by atomic mass is 19.1. The SMILES string of the molecule is Cc1ccc(OCC(O)CNC(c2cccc(F)c2)c2nccn2C)c(C)c1. The first-order valence-corrected chi connectivity index (χ1v) is 9.28. The standard InChI is InChI=1S/C22H26FN3O2/c1-15-7-8-20(16(2)11-15)28-14-19(27)13-25-21(22-24-9-10-26(22)3)17-5-4-6-18(23)12-17/h4-12,19,21,25,27H,13-14H2,1-3H3. The molecule has 28 heavy (non-hydrogen) atoms. The predicted octanol–water partition coefficient (Wildman–Crippen LogP) is 3.29. The number of benzene rings is 2. The molecule has 0 bridgehead atoms. The van der Waals surface area contributed by atoms with E-state index in [9.17, 15) is 9.50 Å². The number of nitrogens with one attached hydrogen (secondary N) is 1. The topological polar surface area (TPSA) is 59.3 Å². The fourth-order valence-electron chi connectivity index (χ4n) is 3.16. The molecule has 0 amide bonds. The summed E-state index contributed by atoms with van der Waals surface area (Å²) in [7, 11) is 1.88. The summed E-state index contributed by atoms with van der Waals surface area (Å²) in [6.07, 6.45) is 2.81. The zero-order chi connectivity index (χ0) is 20.1. The second-order valence-electron chi connectivity index (χ2n) is 7.03. The maximum Gasteiger partial charge on any atom is 0.130 e. The van der Waals surface area contributed by atoms with E-state index in [1.54, 1.807) is 12.3 Å². The number of aliphatic hydroxyl groups is 1. The summed E-state index contributed by atoms with van der Waals surface area (Å²) < 4.78 is 21.3. The van der Waals surface area contributed by atoms with Gasteiger partial charge in [-0.05, 0) is 43.2 Å². The largest absolute Gasteiger partial charge is 0.491 e. The third kappa shape index (κ3) is 4.97. The Balaban J connectivity index is 1.65. The van der Waals surface area contributed by atoms with E-state index < -0.39 is 6.10 Å². The average molecular weight is 383 g/mol. The van der Waals surface area contributed by atoms with Crippen molar-refractivity contribution < 1.29 is 14.2 Å². The van der Waals surface area contributed by atoms with Crippen molar-refractivity contribution in [2.45, 2.75) is 26.0 Å². The summed E-state index contributed by atoms with van der Waals surface area (Å²) in [4.78, 5) is 4.38. The van der Waals surface area contributed by atoms with Crippen molar-refractivity contribution in [2.75, 3.05) is 13.2 Å². The van der Waals surface area contributed by atoms with Crippen LogP contribution in [0.4, 0.5) is 4.39 Å². The molecule has 2 atom stereocenters. The van der Waals surface area contributed by atoms with Crippen LogP contribution >= 0.6 is 0 Å². The van der Waals surface area contributed by atoms with Crippen molar-refractivity contribution in [1.29, 1.82) is 0 Å². The van der Waals surface area contributed by atoms with Gasteiger partial charge in [-0.1, -0.05) is 29.8 Å². The second-order valence-corrected chi connectivity index (χ2v) is 7.03. The smallest absolute Gasteiger partial charge is 0.130 e. The molecule has 3 aromatic rings. The number of aliphatic hydroxyl groups excluding tert-OH is 1. The Hall–Kier alpha value is -2.70. The highest BCUT2D eigenvalue weighted by Crippen LogP contribution is 2.22. The van der Waals surface area contributed by atoms with Gasteiger partial charge in [-0.25, -0.2) is 9.37 Å². The van der Waals surface area contributed by atoms with Crippen LogP contribution in [-0.4, -0.2) is 33.9 Å². The minimum atomic E-state index is -0.725. The van der Waals surface area contributed by atoms with E-state index in [4.69, 9.17) is 4.74 Å². The van der Waals surface area contributed by atoms with Crippen molar-refractivity contribution >= 4 is 0 Å². The summed E-state index contributed by atoms with van der Waals surface area (Å²) in [6, 6.07) is 12.0. The fourth-order valence-corrected chi connectivity index (χ4v) is 3.16. The number of hydrogen-bond acceptors (Lipinski definition) is 4. The molecule has 0 saturated heterocycles. The summed E-state index contributed by atoms with van der Waals surface area (Å²) in [6.45, 7) is 4.44. The van der Waals surface area contributed by atoms with Gasteiger partial charge in [0.05, 0.1) is 6.04 Å². The van der Waals surface area contributed by atoms with E-state index in [2.05, 4.69) is 10.3 Å². The lowest BCUT2D eigenvalue weighted by molar-refractivity contribution is 0.104. The van der Waals surface area contributed by atoms with Crippen molar-refractivity contribution in [3.05, 3.63) is 83.2 Å². The maximum absolute atomic E-state index is 13.7. The highest BCUT2D eigenvalue weighted by Gasteiger charge is 2.20. The van der Waals surface area contributed by atoms with E-state index >= 15 is 0 Å². The average Bonchev–Trinajstić information content (AvgIpc) is 3.07. The van der Waals surface area contributed by atoms with Crippen LogP contribution in [0.3, 0.4) is 0 Å². The fraction of sp³-hybridized carbons (Fsp3) is 0.318. The molecule has 148 valence electrons. The van der Waals surface area contributed by atoms with E-state index in [0.29, 0.717) is 0 Å².